The summed E-state index contributed by atoms with van der Waals surface area (Å²) in [5.74, 6) is 0.988. The second-order valence-corrected chi connectivity index (χ2v) is 6.23. The fourth-order valence-electron chi connectivity index (χ4n) is 3.08. The Morgan fingerprint density at radius 1 is 1.23 bits per heavy atom. The molecule has 0 aliphatic carbocycles. The first-order chi connectivity index (χ1) is 12.8. The average molecular weight is 346 g/mol. The smallest absolute Gasteiger partial charge is 0.253 e. The minimum absolute atomic E-state index is 0.00594. The van der Waals surface area contributed by atoms with E-state index in [1.807, 2.05) is 30.5 Å². The Morgan fingerprint density at radius 3 is 3.00 bits per heavy atom. The van der Waals surface area contributed by atoms with Crippen molar-refractivity contribution in [3.63, 3.8) is 0 Å². The molecule has 4 heterocycles. The van der Waals surface area contributed by atoms with E-state index in [2.05, 4.69) is 25.1 Å². The number of rotatable bonds is 3. The molecule has 5 rings (SSSR count). The SMILES string of the molecule is O=C(c1ccc2cc[nH]c2c1)N1CC(c2nc(-c3cnccn3)no2)C1. The zero-order valence-electron chi connectivity index (χ0n) is 13.7. The van der Waals surface area contributed by atoms with E-state index in [0.29, 0.717) is 36.1 Å². The van der Waals surface area contributed by atoms with Gasteiger partial charge in [0.15, 0.2) is 0 Å². The molecule has 1 aromatic carbocycles. The number of benzene rings is 1. The topological polar surface area (TPSA) is 101 Å². The van der Waals surface area contributed by atoms with Gasteiger partial charge in [0.2, 0.25) is 11.7 Å². The molecule has 0 saturated carbocycles. The molecule has 1 saturated heterocycles. The Kier molecular flexibility index (Phi) is 3.27. The molecular weight excluding hydrogens is 332 g/mol. The highest BCUT2D eigenvalue weighted by atomic mass is 16.5. The molecule has 8 nitrogen and oxygen atoms in total. The highest BCUT2D eigenvalue weighted by molar-refractivity contribution is 5.98. The maximum Gasteiger partial charge on any atom is 0.253 e. The third kappa shape index (κ3) is 2.43. The van der Waals surface area contributed by atoms with Crippen LogP contribution in [0.15, 0.2) is 53.6 Å². The molecule has 0 atom stereocenters. The number of carbonyl (C=O) groups is 1. The third-order valence-corrected chi connectivity index (χ3v) is 4.55. The standard InChI is InChI=1S/C18H14N6O2/c25-18(12-2-1-11-3-4-20-14(11)7-12)24-9-13(10-24)17-22-16(23-26-17)15-8-19-5-6-21-15/h1-8,13,20H,9-10H2. The van der Waals surface area contributed by atoms with E-state index >= 15 is 0 Å². The number of carbonyl (C=O) groups excluding carboxylic acids is 1. The van der Waals surface area contributed by atoms with Crippen LogP contribution in [0.1, 0.15) is 22.2 Å². The Hall–Kier alpha value is -3.55. The summed E-state index contributed by atoms with van der Waals surface area (Å²) in [4.78, 5) is 30.1. The van der Waals surface area contributed by atoms with Gasteiger partial charge in [-0.25, -0.2) is 4.98 Å². The second-order valence-electron chi connectivity index (χ2n) is 6.23. The molecule has 4 aromatic rings. The van der Waals surface area contributed by atoms with E-state index in [1.165, 1.54) is 0 Å². The lowest BCUT2D eigenvalue weighted by Gasteiger charge is -2.37. The van der Waals surface area contributed by atoms with Gasteiger partial charge in [0.1, 0.15) is 5.69 Å². The van der Waals surface area contributed by atoms with Crippen molar-refractivity contribution >= 4 is 16.8 Å². The largest absolute Gasteiger partial charge is 0.361 e. The average Bonchev–Trinajstić information content (AvgIpc) is 3.30. The number of aromatic amines is 1. The zero-order chi connectivity index (χ0) is 17.5. The zero-order valence-corrected chi connectivity index (χ0v) is 13.7. The van der Waals surface area contributed by atoms with Gasteiger partial charge < -0.3 is 14.4 Å². The molecule has 0 spiro atoms. The lowest BCUT2D eigenvalue weighted by Crippen LogP contribution is -2.48. The first kappa shape index (κ1) is 14.8. The summed E-state index contributed by atoms with van der Waals surface area (Å²) in [6.45, 7) is 1.12. The maximum absolute atomic E-state index is 12.6. The van der Waals surface area contributed by atoms with Crippen LogP contribution in [0.25, 0.3) is 22.4 Å². The number of nitrogens with one attached hydrogen (secondary N) is 1. The summed E-state index contributed by atoms with van der Waals surface area (Å²) in [6.07, 6.45) is 6.62. The summed E-state index contributed by atoms with van der Waals surface area (Å²) >= 11 is 0. The van der Waals surface area contributed by atoms with Crippen LogP contribution >= 0.6 is 0 Å². The van der Waals surface area contributed by atoms with Crippen LogP contribution in [-0.2, 0) is 0 Å². The first-order valence-electron chi connectivity index (χ1n) is 8.24. The molecule has 1 N–H and O–H groups in total. The van der Waals surface area contributed by atoms with Crippen LogP contribution in [0.4, 0.5) is 0 Å². The van der Waals surface area contributed by atoms with Gasteiger partial charge in [0, 0.05) is 42.8 Å². The normalized spacial score (nSPS) is 14.5. The van der Waals surface area contributed by atoms with Gasteiger partial charge in [-0.3, -0.25) is 9.78 Å². The van der Waals surface area contributed by atoms with Crippen molar-refractivity contribution in [3.8, 4) is 11.5 Å². The molecule has 1 fully saturated rings. The number of H-pyrrole nitrogens is 1. The highest BCUT2D eigenvalue weighted by Crippen LogP contribution is 2.29. The summed E-state index contributed by atoms with van der Waals surface area (Å²) in [5, 5.41) is 5.04. The van der Waals surface area contributed by atoms with E-state index in [1.54, 1.807) is 23.5 Å². The van der Waals surface area contributed by atoms with E-state index in [-0.39, 0.29) is 11.8 Å². The van der Waals surface area contributed by atoms with E-state index in [4.69, 9.17) is 4.52 Å². The molecule has 0 bridgehead atoms. The monoisotopic (exact) mass is 346 g/mol. The number of nitrogens with zero attached hydrogens (tertiary/aromatic N) is 5. The minimum atomic E-state index is 0.00594. The van der Waals surface area contributed by atoms with E-state index in [9.17, 15) is 4.79 Å². The number of hydrogen-bond donors (Lipinski definition) is 1. The van der Waals surface area contributed by atoms with Crippen molar-refractivity contribution in [2.45, 2.75) is 5.92 Å². The maximum atomic E-state index is 12.6. The summed E-state index contributed by atoms with van der Waals surface area (Å²) in [5.41, 5.74) is 2.19. The number of hydrogen-bond acceptors (Lipinski definition) is 6. The number of fused-ring (bicyclic) bond motifs is 1. The van der Waals surface area contributed by atoms with Gasteiger partial charge in [0.25, 0.3) is 5.91 Å². The van der Waals surface area contributed by atoms with Gasteiger partial charge in [0.05, 0.1) is 12.1 Å². The van der Waals surface area contributed by atoms with Crippen molar-refractivity contribution in [1.82, 2.24) is 30.0 Å². The quantitative estimate of drug-likeness (QED) is 0.610. The Balaban J connectivity index is 1.28. The Bertz CT molecular complexity index is 1080. The summed E-state index contributed by atoms with van der Waals surface area (Å²) in [7, 11) is 0. The highest BCUT2D eigenvalue weighted by Gasteiger charge is 2.36. The molecule has 8 heteroatoms. The molecule has 3 aromatic heterocycles. The number of likely N-dealkylation sites (tertiary alicyclic amines) is 1. The van der Waals surface area contributed by atoms with Crippen molar-refractivity contribution in [2.24, 2.45) is 0 Å². The minimum Gasteiger partial charge on any atom is -0.361 e. The van der Waals surface area contributed by atoms with Crippen LogP contribution < -0.4 is 0 Å². The molecular formula is C18H14N6O2. The lowest BCUT2D eigenvalue weighted by molar-refractivity contribution is 0.0569. The van der Waals surface area contributed by atoms with Gasteiger partial charge in [-0.1, -0.05) is 11.2 Å². The van der Waals surface area contributed by atoms with E-state index < -0.39 is 0 Å². The Morgan fingerprint density at radius 2 is 2.15 bits per heavy atom. The van der Waals surface area contributed by atoms with E-state index in [0.717, 1.165) is 10.9 Å². The molecule has 0 unspecified atom stereocenters. The predicted molar refractivity (Wildman–Crippen MR) is 92.3 cm³/mol. The molecule has 1 aliphatic rings. The van der Waals surface area contributed by atoms with Gasteiger partial charge in [-0.05, 0) is 23.6 Å². The van der Waals surface area contributed by atoms with Crippen LogP contribution in [0.2, 0.25) is 0 Å². The predicted octanol–water partition coefficient (Wildman–Crippen LogP) is 2.25. The molecule has 26 heavy (non-hydrogen) atoms. The van der Waals surface area contributed by atoms with Crippen LogP contribution in [0, 0.1) is 0 Å². The molecule has 128 valence electrons. The summed E-state index contributed by atoms with van der Waals surface area (Å²) < 4.78 is 5.33. The molecule has 0 radical (unpaired) electrons. The Labute approximate surface area is 147 Å². The number of amides is 1. The second kappa shape index (κ2) is 5.76. The fourth-order valence-corrected chi connectivity index (χ4v) is 3.08. The van der Waals surface area contributed by atoms with Gasteiger partial charge in [-0.2, -0.15) is 4.98 Å². The fraction of sp³-hybridized carbons (Fsp3) is 0.167. The van der Waals surface area contributed by atoms with Crippen molar-refractivity contribution in [2.75, 3.05) is 13.1 Å². The van der Waals surface area contributed by atoms with Crippen molar-refractivity contribution in [1.29, 1.82) is 0 Å². The van der Waals surface area contributed by atoms with Crippen LogP contribution in [0.5, 0.6) is 0 Å². The van der Waals surface area contributed by atoms with Crippen LogP contribution in [-0.4, -0.2) is 49.0 Å². The van der Waals surface area contributed by atoms with Gasteiger partial charge in [-0.15, -0.1) is 0 Å². The van der Waals surface area contributed by atoms with Gasteiger partial charge >= 0.3 is 0 Å². The lowest BCUT2D eigenvalue weighted by atomic mass is 9.98. The van der Waals surface area contributed by atoms with Crippen molar-refractivity contribution in [3.05, 3.63) is 60.5 Å². The third-order valence-electron chi connectivity index (χ3n) is 4.55. The number of aromatic nitrogens is 5. The van der Waals surface area contributed by atoms with Crippen molar-refractivity contribution < 1.29 is 9.32 Å². The molecule has 1 amide bonds. The first-order valence-corrected chi connectivity index (χ1v) is 8.24. The summed E-state index contributed by atoms with van der Waals surface area (Å²) in [6, 6.07) is 7.66. The molecule has 1 aliphatic heterocycles. The van der Waals surface area contributed by atoms with Crippen LogP contribution in [0.3, 0.4) is 0 Å².